The normalized spacial score (nSPS) is 24.1. The van der Waals surface area contributed by atoms with Gasteiger partial charge in [-0.2, -0.15) is 0 Å². The van der Waals surface area contributed by atoms with Crippen LogP contribution in [0.1, 0.15) is 32.3 Å². The van der Waals surface area contributed by atoms with Crippen LogP contribution in [0.2, 0.25) is 0 Å². The molecule has 0 radical (unpaired) electrons. The highest BCUT2D eigenvalue weighted by atomic mass is 15.2. The molecule has 2 rings (SSSR count). The zero-order chi connectivity index (χ0) is 12.3. The first kappa shape index (κ1) is 12.5. The van der Waals surface area contributed by atoms with Crippen LogP contribution in [0, 0.1) is 5.92 Å². The lowest BCUT2D eigenvalue weighted by Crippen LogP contribution is -2.37. The second-order valence-electron chi connectivity index (χ2n) is 5.70. The third-order valence-electron chi connectivity index (χ3n) is 3.82. The van der Waals surface area contributed by atoms with E-state index in [9.17, 15) is 0 Å². The fourth-order valence-corrected chi connectivity index (χ4v) is 2.88. The summed E-state index contributed by atoms with van der Waals surface area (Å²) < 4.78 is 0. The summed E-state index contributed by atoms with van der Waals surface area (Å²) >= 11 is 0. The molecule has 3 heteroatoms. The molecule has 1 unspecified atom stereocenters. The van der Waals surface area contributed by atoms with Crippen molar-refractivity contribution in [3.05, 3.63) is 30.1 Å². The van der Waals surface area contributed by atoms with E-state index >= 15 is 0 Å². The van der Waals surface area contributed by atoms with Crippen LogP contribution < -0.4 is 5.73 Å². The van der Waals surface area contributed by atoms with Gasteiger partial charge in [0, 0.05) is 31.0 Å². The first-order valence-electron chi connectivity index (χ1n) is 6.46. The molecule has 0 aliphatic carbocycles. The van der Waals surface area contributed by atoms with E-state index < -0.39 is 0 Å². The number of nitrogens with zero attached hydrogens (tertiary/aromatic N) is 2. The minimum absolute atomic E-state index is 0.295. The zero-order valence-corrected chi connectivity index (χ0v) is 10.9. The van der Waals surface area contributed by atoms with Crippen LogP contribution in [0.5, 0.6) is 0 Å². The molecule has 1 aliphatic heterocycles. The van der Waals surface area contributed by atoms with Gasteiger partial charge >= 0.3 is 0 Å². The van der Waals surface area contributed by atoms with Crippen LogP contribution in [0.25, 0.3) is 0 Å². The van der Waals surface area contributed by atoms with Gasteiger partial charge < -0.3 is 5.73 Å². The Labute approximate surface area is 104 Å². The van der Waals surface area contributed by atoms with Gasteiger partial charge in [0.05, 0.1) is 0 Å². The highest BCUT2D eigenvalue weighted by Gasteiger charge is 2.37. The van der Waals surface area contributed by atoms with Crippen LogP contribution in [0.3, 0.4) is 0 Å². The van der Waals surface area contributed by atoms with Crippen LogP contribution in [0.4, 0.5) is 0 Å². The molecule has 1 atom stereocenters. The van der Waals surface area contributed by atoms with Crippen LogP contribution in [-0.4, -0.2) is 28.5 Å². The van der Waals surface area contributed by atoms with Crippen molar-refractivity contribution in [1.29, 1.82) is 0 Å². The number of likely N-dealkylation sites (tertiary alicyclic amines) is 1. The van der Waals surface area contributed by atoms with Crippen molar-refractivity contribution < 1.29 is 0 Å². The summed E-state index contributed by atoms with van der Waals surface area (Å²) in [5.41, 5.74) is 7.31. The molecule has 1 aromatic rings. The molecule has 0 bridgehead atoms. The molecule has 0 aromatic carbocycles. The smallest absolute Gasteiger partial charge is 0.0271 e. The fraction of sp³-hybridized carbons (Fsp3) is 0.643. The number of aromatic nitrogens is 1. The van der Waals surface area contributed by atoms with Gasteiger partial charge in [-0.05, 0) is 56.8 Å². The van der Waals surface area contributed by atoms with Gasteiger partial charge in [-0.1, -0.05) is 0 Å². The molecule has 0 saturated carbocycles. The maximum atomic E-state index is 5.67. The monoisotopic (exact) mass is 233 g/mol. The van der Waals surface area contributed by atoms with E-state index in [0.717, 1.165) is 25.4 Å². The highest BCUT2D eigenvalue weighted by molar-refractivity contribution is 5.11. The van der Waals surface area contributed by atoms with Crippen LogP contribution in [0.15, 0.2) is 24.5 Å². The number of rotatable bonds is 4. The van der Waals surface area contributed by atoms with Gasteiger partial charge in [-0.3, -0.25) is 9.88 Å². The summed E-state index contributed by atoms with van der Waals surface area (Å²) in [6.45, 7) is 7.68. The second kappa shape index (κ2) is 5.15. The van der Waals surface area contributed by atoms with E-state index in [-0.39, 0.29) is 0 Å². The Balaban J connectivity index is 2.01. The van der Waals surface area contributed by atoms with Crippen molar-refractivity contribution in [2.45, 2.75) is 38.8 Å². The summed E-state index contributed by atoms with van der Waals surface area (Å²) in [7, 11) is 0. The maximum Gasteiger partial charge on any atom is 0.0271 e. The Morgan fingerprint density at radius 1 is 1.41 bits per heavy atom. The minimum atomic E-state index is 0.295. The van der Waals surface area contributed by atoms with Crippen molar-refractivity contribution in [3.8, 4) is 0 Å². The van der Waals surface area contributed by atoms with Gasteiger partial charge in [0.15, 0.2) is 0 Å². The predicted octanol–water partition coefficient (Wildman–Crippen LogP) is 2.03. The molecule has 17 heavy (non-hydrogen) atoms. The molecule has 1 fully saturated rings. The SMILES string of the molecule is CC1(C)CC(CCN)CN1Cc1ccncc1. The zero-order valence-electron chi connectivity index (χ0n) is 10.9. The Morgan fingerprint density at radius 2 is 2.12 bits per heavy atom. The van der Waals surface area contributed by atoms with E-state index in [4.69, 9.17) is 5.73 Å². The van der Waals surface area contributed by atoms with Crippen LogP contribution in [-0.2, 0) is 6.54 Å². The number of pyridine rings is 1. The van der Waals surface area contributed by atoms with Crippen molar-refractivity contribution in [2.24, 2.45) is 11.7 Å². The van der Waals surface area contributed by atoms with Crippen molar-refractivity contribution in [1.82, 2.24) is 9.88 Å². The number of nitrogens with two attached hydrogens (primary N) is 1. The lowest BCUT2D eigenvalue weighted by atomic mass is 9.94. The average molecular weight is 233 g/mol. The molecule has 0 spiro atoms. The van der Waals surface area contributed by atoms with Gasteiger partial charge in [0.1, 0.15) is 0 Å². The molecule has 0 amide bonds. The lowest BCUT2D eigenvalue weighted by Gasteiger charge is -2.31. The molecule has 2 N–H and O–H groups in total. The van der Waals surface area contributed by atoms with Gasteiger partial charge in [-0.15, -0.1) is 0 Å². The second-order valence-corrected chi connectivity index (χ2v) is 5.70. The molecule has 2 heterocycles. The standard InChI is InChI=1S/C14H23N3/c1-14(2)9-13(3-6-15)11-17(14)10-12-4-7-16-8-5-12/h4-5,7-8,13H,3,6,9-11,15H2,1-2H3. The fourth-order valence-electron chi connectivity index (χ4n) is 2.88. The van der Waals surface area contributed by atoms with E-state index in [1.807, 2.05) is 12.4 Å². The summed E-state index contributed by atoms with van der Waals surface area (Å²) in [4.78, 5) is 6.64. The Kier molecular flexibility index (Phi) is 3.79. The highest BCUT2D eigenvalue weighted by Crippen LogP contribution is 2.35. The maximum absolute atomic E-state index is 5.67. The van der Waals surface area contributed by atoms with Gasteiger partial charge in [0.25, 0.3) is 0 Å². The molecular formula is C14H23N3. The van der Waals surface area contributed by atoms with E-state index in [1.165, 1.54) is 18.5 Å². The van der Waals surface area contributed by atoms with Crippen molar-refractivity contribution >= 4 is 0 Å². The predicted molar refractivity (Wildman–Crippen MR) is 70.5 cm³/mol. The summed E-state index contributed by atoms with van der Waals surface area (Å²) in [6.07, 6.45) is 6.15. The molecule has 3 nitrogen and oxygen atoms in total. The first-order chi connectivity index (χ1) is 8.12. The third kappa shape index (κ3) is 3.05. The quantitative estimate of drug-likeness (QED) is 0.865. The summed E-state index contributed by atoms with van der Waals surface area (Å²) in [5, 5.41) is 0. The van der Waals surface area contributed by atoms with Gasteiger partial charge in [0.2, 0.25) is 0 Å². The van der Waals surface area contributed by atoms with E-state index in [2.05, 4.69) is 35.9 Å². The van der Waals surface area contributed by atoms with Crippen molar-refractivity contribution in [3.63, 3.8) is 0 Å². The number of hydrogen-bond donors (Lipinski definition) is 1. The molecule has 1 aliphatic rings. The third-order valence-corrected chi connectivity index (χ3v) is 3.82. The lowest BCUT2D eigenvalue weighted by molar-refractivity contribution is 0.166. The van der Waals surface area contributed by atoms with Crippen molar-refractivity contribution in [2.75, 3.05) is 13.1 Å². The summed E-state index contributed by atoms with van der Waals surface area (Å²) in [6, 6.07) is 4.21. The minimum Gasteiger partial charge on any atom is -0.330 e. The Hall–Kier alpha value is -0.930. The average Bonchev–Trinajstić information content (AvgIpc) is 2.55. The number of hydrogen-bond acceptors (Lipinski definition) is 3. The molecular weight excluding hydrogens is 210 g/mol. The Morgan fingerprint density at radius 3 is 2.76 bits per heavy atom. The first-order valence-corrected chi connectivity index (χ1v) is 6.46. The molecule has 94 valence electrons. The largest absolute Gasteiger partial charge is 0.330 e. The molecule has 1 saturated heterocycles. The summed E-state index contributed by atoms with van der Waals surface area (Å²) in [5.74, 6) is 0.761. The molecule has 1 aromatic heterocycles. The van der Waals surface area contributed by atoms with Crippen LogP contribution >= 0.6 is 0 Å². The van der Waals surface area contributed by atoms with E-state index in [1.54, 1.807) is 0 Å². The topological polar surface area (TPSA) is 42.1 Å². The van der Waals surface area contributed by atoms with E-state index in [0.29, 0.717) is 5.54 Å². The Bertz CT molecular complexity index is 348. The van der Waals surface area contributed by atoms with Gasteiger partial charge in [-0.25, -0.2) is 0 Å².